The van der Waals surface area contributed by atoms with Crippen molar-refractivity contribution in [2.45, 2.75) is 12.8 Å². The molecule has 4 aromatic rings. The van der Waals surface area contributed by atoms with E-state index in [1.807, 2.05) is 24.3 Å². The molecule has 1 fully saturated rings. The number of hydrogen-bond acceptors (Lipinski definition) is 7. The zero-order chi connectivity index (χ0) is 24.6. The number of aromatic amines is 1. The molecule has 2 amide bonds. The number of carbonyl (C=O) groups is 2. The van der Waals surface area contributed by atoms with Gasteiger partial charge in [0, 0.05) is 23.1 Å². The van der Waals surface area contributed by atoms with E-state index in [0.717, 1.165) is 30.2 Å². The van der Waals surface area contributed by atoms with Gasteiger partial charge in [0.05, 0.1) is 35.5 Å². The van der Waals surface area contributed by atoms with Gasteiger partial charge in [0.15, 0.2) is 5.69 Å². The predicted octanol–water partition coefficient (Wildman–Crippen LogP) is 2.99. The van der Waals surface area contributed by atoms with Crippen LogP contribution >= 0.6 is 0 Å². The van der Waals surface area contributed by atoms with Gasteiger partial charge in [-0.25, -0.2) is 13.4 Å². The van der Waals surface area contributed by atoms with Crippen LogP contribution in [0.25, 0.3) is 22.0 Å². The Balaban J connectivity index is 1.36. The van der Waals surface area contributed by atoms with Gasteiger partial charge in [-0.05, 0) is 48.7 Å². The molecule has 4 N–H and O–H groups in total. The van der Waals surface area contributed by atoms with Gasteiger partial charge in [0.25, 0.3) is 5.91 Å². The summed E-state index contributed by atoms with van der Waals surface area (Å²) in [5.41, 5.74) is 3.45. The highest BCUT2D eigenvalue weighted by Gasteiger charge is 2.29. The van der Waals surface area contributed by atoms with Crippen molar-refractivity contribution in [2.75, 3.05) is 21.6 Å². The van der Waals surface area contributed by atoms with Gasteiger partial charge < -0.3 is 10.6 Å². The molecule has 35 heavy (non-hydrogen) atoms. The fourth-order valence-electron chi connectivity index (χ4n) is 3.53. The summed E-state index contributed by atoms with van der Waals surface area (Å²) in [5.74, 6) is -0.223. The molecular weight excluding hydrogens is 470 g/mol. The Morgan fingerprint density at radius 3 is 2.51 bits per heavy atom. The Labute approximate surface area is 200 Å². The molecule has 3 aromatic heterocycles. The molecule has 5 rings (SSSR count). The van der Waals surface area contributed by atoms with Crippen LogP contribution in [0.4, 0.5) is 17.2 Å². The fourth-order valence-corrected chi connectivity index (χ4v) is 4.03. The molecule has 0 aliphatic heterocycles. The topological polar surface area (TPSA) is 159 Å². The average molecular weight is 492 g/mol. The first-order valence-electron chi connectivity index (χ1n) is 10.7. The fraction of sp³-hybridized carbons (Fsp3) is 0.174. The number of carbonyl (C=O) groups excluding carboxylic acids is 2. The lowest BCUT2D eigenvalue weighted by Crippen LogP contribution is -2.14. The lowest BCUT2D eigenvalue weighted by molar-refractivity contribution is -0.117. The van der Waals surface area contributed by atoms with E-state index in [-0.39, 0.29) is 23.3 Å². The molecule has 12 heteroatoms. The maximum Gasteiger partial charge on any atom is 0.276 e. The van der Waals surface area contributed by atoms with E-state index in [9.17, 15) is 18.0 Å². The minimum Gasteiger partial charge on any atom is -0.324 e. The first-order valence-corrected chi connectivity index (χ1v) is 12.6. The monoisotopic (exact) mass is 491 g/mol. The molecule has 1 saturated carbocycles. The second-order valence-electron chi connectivity index (χ2n) is 8.32. The number of H-pyrrole nitrogens is 1. The number of pyridine rings is 2. The predicted molar refractivity (Wildman–Crippen MR) is 131 cm³/mol. The molecule has 178 valence electrons. The van der Waals surface area contributed by atoms with Crippen molar-refractivity contribution in [3.63, 3.8) is 0 Å². The van der Waals surface area contributed by atoms with E-state index in [1.165, 1.54) is 18.3 Å². The van der Waals surface area contributed by atoms with Gasteiger partial charge in [-0.1, -0.05) is 6.07 Å². The minimum atomic E-state index is -3.45. The minimum absolute atomic E-state index is 0.00261. The molecule has 0 atom stereocenters. The molecule has 1 aromatic carbocycles. The van der Waals surface area contributed by atoms with Crippen LogP contribution in [-0.4, -0.2) is 46.7 Å². The van der Waals surface area contributed by atoms with Crippen molar-refractivity contribution in [3.05, 3.63) is 60.7 Å². The standard InChI is InChI=1S/C23H21N7O4S/c1-35(33,34)30-20-7-5-16(12-25-20)26-23(32)21-18-9-14(4-6-19(18)28-29-21)15-8-17(11-24-10-15)27-22(31)13-2-3-13/h4-13H,2-3H2,1H3,(H,25,30)(H,26,32)(H,27,31)(H,28,29). The summed E-state index contributed by atoms with van der Waals surface area (Å²) in [5, 5.41) is 13.2. The summed E-state index contributed by atoms with van der Waals surface area (Å²) in [6, 6.07) is 10.3. The lowest BCUT2D eigenvalue weighted by atomic mass is 10.0. The first-order chi connectivity index (χ1) is 16.7. The van der Waals surface area contributed by atoms with E-state index in [0.29, 0.717) is 22.3 Å². The van der Waals surface area contributed by atoms with Crippen molar-refractivity contribution in [2.24, 2.45) is 5.92 Å². The van der Waals surface area contributed by atoms with E-state index >= 15 is 0 Å². The van der Waals surface area contributed by atoms with Crippen LogP contribution in [0.3, 0.4) is 0 Å². The SMILES string of the molecule is CS(=O)(=O)Nc1ccc(NC(=O)c2n[nH]c3ccc(-c4cncc(NC(=O)C5CC5)c4)cc23)cn1. The van der Waals surface area contributed by atoms with Crippen LogP contribution in [-0.2, 0) is 14.8 Å². The highest BCUT2D eigenvalue weighted by molar-refractivity contribution is 7.92. The number of fused-ring (bicyclic) bond motifs is 1. The quantitative estimate of drug-likeness (QED) is 0.309. The number of anilines is 3. The average Bonchev–Trinajstić information content (AvgIpc) is 3.59. The molecule has 0 bridgehead atoms. The highest BCUT2D eigenvalue weighted by atomic mass is 32.2. The van der Waals surface area contributed by atoms with Crippen molar-refractivity contribution in [1.82, 2.24) is 20.2 Å². The van der Waals surface area contributed by atoms with E-state index in [1.54, 1.807) is 12.4 Å². The van der Waals surface area contributed by atoms with Gasteiger partial charge in [-0.15, -0.1) is 0 Å². The van der Waals surface area contributed by atoms with Crippen LogP contribution in [0.1, 0.15) is 23.3 Å². The third kappa shape index (κ3) is 5.27. The Bertz CT molecular complexity index is 1540. The van der Waals surface area contributed by atoms with Crippen LogP contribution in [0.5, 0.6) is 0 Å². The Hall–Kier alpha value is -4.32. The summed E-state index contributed by atoms with van der Waals surface area (Å²) in [6.07, 6.45) is 7.49. The molecular formula is C23H21N7O4S. The van der Waals surface area contributed by atoms with E-state index in [4.69, 9.17) is 0 Å². The van der Waals surface area contributed by atoms with Gasteiger partial charge in [0.1, 0.15) is 5.82 Å². The Kier molecular flexibility index (Phi) is 5.65. The van der Waals surface area contributed by atoms with E-state index in [2.05, 4.69) is 35.5 Å². The maximum atomic E-state index is 12.9. The molecule has 0 radical (unpaired) electrons. The number of sulfonamides is 1. The zero-order valence-corrected chi connectivity index (χ0v) is 19.4. The first kappa shape index (κ1) is 22.5. The van der Waals surface area contributed by atoms with Crippen LogP contribution in [0.2, 0.25) is 0 Å². The number of amides is 2. The number of hydrogen-bond donors (Lipinski definition) is 4. The molecule has 1 aliphatic carbocycles. The maximum absolute atomic E-state index is 12.9. The second kappa shape index (κ2) is 8.80. The summed E-state index contributed by atoms with van der Waals surface area (Å²) in [6.45, 7) is 0. The third-order valence-electron chi connectivity index (χ3n) is 5.38. The lowest BCUT2D eigenvalue weighted by Gasteiger charge is -2.08. The van der Waals surface area contributed by atoms with Gasteiger partial charge in [-0.3, -0.25) is 24.4 Å². The molecule has 3 heterocycles. The zero-order valence-electron chi connectivity index (χ0n) is 18.6. The van der Waals surface area contributed by atoms with Crippen molar-refractivity contribution in [3.8, 4) is 11.1 Å². The summed E-state index contributed by atoms with van der Waals surface area (Å²) in [4.78, 5) is 33.2. The van der Waals surface area contributed by atoms with Gasteiger partial charge in [0.2, 0.25) is 15.9 Å². The highest BCUT2D eigenvalue weighted by Crippen LogP contribution is 2.31. The Morgan fingerprint density at radius 1 is 0.971 bits per heavy atom. The van der Waals surface area contributed by atoms with Gasteiger partial charge in [-0.2, -0.15) is 5.10 Å². The number of aromatic nitrogens is 4. The number of benzene rings is 1. The van der Waals surface area contributed by atoms with Crippen molar-refractivity contribution < 1.29 is 18.0 Å². The number of nitrogens with one attached hydrogen (secondary N) is 4. The summed E-state index contributed by atoms with van der Waals surface area (Å²) >= 11 is 0. The number of nitrogens with zero attached hydrogens (tertiary/aromatic N) is 3. The van der Waals surface area contributed by atoms with Crippen LogP contribution in [0.15, 0.2) is 55.0 Å². The summed E-state index contributed by atoms with van der Waals surface area (Å²) < 4.78 is 24.9. The van der Waals surface area contributed by atoms with Crippen LogP contribution in [0, 0.1) is 5.92 Å². The van der Waals surface area contributed by atoms with Crippen molar-refractivity contribution in [1.29, 1.82) is 0 Å². The Morgan fingerprint density at radius 2 is 1.80 bits per heavy atom. The third-order valence-corrected chi connectivity index (χ3v) is 5.96. The summed E-state index contributed by atoms with van der Waals surface area (Å²) in [7, 11) is -3.45. The largest absolute Gasteiger partial charge is 0.324 e. The van der Waals surface area contributed by atoms with Crippen molar-refractivity contribution >= 4 is 49.9 Å². The molecule has 1 aliphatic rings. The number of rotatable bonds is 7. The molecule has 0 saturated heterocycles. The normalized spacial score (nSPS) is 13.4. The van der Waals surface area contributed by atoms with Gasteiger partial charge >= 0.3 is 0 Å². The molecule has 0 unspecified atom stereocenters. The molecule has 0 spiro atoms. The smallest absolute Gasteiger partial charge is 0.276 e. The molecule has 11 nitrogen and oxygen atoms in total. The van der Waals surface area contributed by atoms with E-state index < -0.39 is 15.9 Å². The van der Waals surface area contributed by atoms with Crippen LogP contribution < -0.4 is 15.4 Å². The second-order valence-corrected chi connectivity index (χ2v) is 10.1.